The highest BCUT2D eigenvalue weighted by Crippen LogP contribution is 2.49. The van der Waals surface area contributed by atoms with Crippen molar-refractivity contribution >= 4 is 30.0 Å². The number of benzene rings is 2. The first kappa shape index (κ1) is 15.9. The summed E-state index contributed by atoms with van der Waals surface area (Å²) in [4.78, 5) is 11.1. The normalized spacial score (nSPS) is 11.7. The Bertz CT molecular complexity index is 572. The molecule has 0 bridgehead atoms. The highest BCUT2D eigenvalue weighted by Gasteiger charge is 2.11. The van der Waals surface area contributed by atoms with Crippen molar-refractivity contribution in [1.82, 2.24) is 0 Å². The van der Waals surface area contributed by atoms with E-state index < -0.39 is 6.16 Å². The van der Waals surface area contributed by atoms with Gasteiger partial charge in [0.15, 0.2) is 0 Å². The molecule has 1 atom stereocenters. The van der Waals surface area contributed by atoms with Gasteiger partial charge in [0, 0.05) is 6.16 Å². The zero-order valence-corrected chi connectivity index (χ0v) is 13.7. The molecule has 2 aromatic carbocycles. The predicted molar refractivity (Wildman–Crippen MR) is 89.7 cm³/mol. The van der Waals surface area contributed by atoms with Gasteiger partial charge < -0.3 is 9.47 Å². The lowest BCUT2D eigenvalue weighted by Crippen LogP contribution is -2.08. The van der Waals surface area contributed by atoms with E-state index in [9.17, 15) is 4.79 Å². The van der Waals surface area contributed by atoms with Gasteiger partial charge >= 0.3 is 6.16 Å². The molecule has 0 heterocycles. The smallest absolute Gasteiger partial charge is 0.437 e. The topological polar surface area (TPSA) is 35.5 Å². The summed E-state index contributed by atoms with van der Waals surface area (Å²) in [5, 5.41) is 1.28. The van der Waals surface area contributed by atoms with Gasteiger partial charge in [-0.1, -0.05) is 30.3 Å². The number of methoxy groups -OCH3 is 1. The van der Waals surface area contributed by atoms with Crippen LogP contribution in [0.1, 0.15) is 5.56 Å². The van der Waals surface area contributed by atoms with E-state index in [1.807, 2.05) is 41.7 Å². The summed E-state index contributed by atoms with van der Waals surface area (Å²) in [5.41, 5.74) is 1.34. The molecule has 0 N–H and O–H groups in total. The van der Waals surface area contributed by atoms with Gasteiger partial charge in [-0.05, 0) is 48.5 Å². The van der Waals surface area contributed by atoms with Crippen LogP contribution in [0, 0.1) is 0 Å². The number of carbonyl (C=O) groups excluding carboxylic acids is 1. The van der Waals surface area contributed by atoms with Gasteiger partial charge in [0.25, 0.3) is 0 Å². The largest absolute Gasteiger partial charge is 0.513 e. The van der Waals surface area contributed by atoms with E-state index in [4.69, 9.17) is 4.74 Å². The Morgan fingerprint density at radius 3 is 2.33 bits per heavy atom. The van der Waals surface area contributed by atoms with E-state index in [0.717, 1.165) is 6.16 Å². The van der Waals surface area contributed by atoms with Crippen LogP contribution in [0.5, 0.6) is 5.75 Å². The second-order valence-electron chi connectivity index (χ2n) is 4.25. The minimum Gasteiger partial charge on any atom is -0.437 e. The van der Waals surface area contributed by atoms with Gasteiger partial charge in [-0.15, -0.1) is 11.4 Å². The molecule has 2 aromatic rings. The lowest BCUT2D eigenvalue weighted by molar-refractivity contribution is 0.121. The van der Waals surface area contributed by atoms with Gasteiger partial charge in [0.05, 0.1) is 7.11 Å². The zero-order chi connectivity index (χ0) is 15.1. The molecular formula is C16H17O3PS. The number of ether oxygens (including phenoxy) is 2. The second-order valence-corrected chi connectivity index (χ2v) is 8.63. The lowest BCUT2D eigenvalue weighted by atomic mass is 10.2. The van der Waals surface area contributed by atoms with Crippen molar-refractivity contribution in [3.8, 4) is 5.75 Å². The summed E-state index contributed by atoms with van der Waals surface area (Å²) in [7, 11) is 0.974. The molecule has 21 heavy (non-hydrogen) atoms. The molecule has 0 saturated carbocycles. The molecule has 0 saturated heterocycles. The van der Waals surface area contributed by atoms with Gasteiger partial charge in [-0.2, -0.15) is 0 Å². The third-order valence-electron chi connectivity index (χ3n) is 2.88. The Balaban J connectivity index is 2.06. The summed E-state index contributed by atoms with van der Waals surface area (Å²) in [6.45, 7) is 0. The molecule has 5 heteroatoms. The molecule has 0 spiro atoms. The molecule has 0 amide bonds. The summed E-state index contributed by atoms with van der Waals surface area (Å²) in [5.74, 6) is 0.501. The molecule has 1 unspecified atom stereocenters. The number of hydrogen-bond donors (Lipinski definition) is 0. The maximum atomic E-state index is 11.1. The van der Waals surface area contributed by atoms with Crippen molar-refractivity contribution in [1.29, 1.82) is 0 Å². The molecule has 110 valence electrons. The Morgan fingerprint density at radius 2 is 1.76 bits per heavy atom. The van der Waals surface area contributed by atoms with Gasteiger partial charge in [-0.3, -0.25) is 0 Å². The molecular weight excluding hydrogens is 303 g/mol. The van der Waals surface area contributed by atoms with E-state index in [1.165, 1.54) is 18.0 Å². The van der Waals surface area contributed by atoms with Crippen LogP contribution < -0.4 is 10.0 Å². The van der Waals surface area contributed by atoms with Crippen LogP contribution in [0.4, 0.5) is 4.79 Å². The molecule has 3 nitrogen and oxygen atoms in total. The van der Waals surface area contributed by atoms with Crippen molar-refractivity contribution in [2.24, 2.45) is 0 Å². The summed E-state index contributed by atoms with van der Waals surface area (Å²) in [6.07, 6.45) is 2.47. The average Bonchev–Trinajstić information content (AvgIpc) is 2.54. The fraction of sp³-hybridized carbons (Fsp3) is 0.188. The molecule has 0 aromatic heterocycles. The first-order valence-electron chi connectivity index (χ1n) is 6.44. The first-order valence-corrected chi connectivity index (χ1v) is 9.80. The van der Waals surface area contributed by atoms with Crippen molar-refractivity contribution in [3.63, 3.8) is 0 Å². The molecule has 0 radical (unpaired) electrons. The highest BCUT2D eigenvalue weighted by atomic mass is 32.7. The summed E-state index contributed by atoms with van der Waals surface area (Å²) >= 11 is 1.87. The molecule has 2 rings (SSSR count). The van der Waals surface area contributed by atoms with Crippen molar-refractivity contribution < 1.29 is 14.3 Å². The van der Waals surface area contributed by atoms with E-state index in [2.05, 4.69) is 35.3 Å². The monoisotopic (exact) mass is 320 g/mol. The van der Waals surface area contributed by atoms with E-state index in [-0.39, 0.29) is 7.12 Å². The summed E-state index contributed by atoms with van der Waals surface area (Å²) in [6, 6.07) is 18.1. The molecule has 0 fully saturated rings. The standard InChI is InChI=1S/C16H17O3PS/c1-18-16(17)19-14-8-10-15(11-9-14)20(21-2)12-13-6-4-3-5-7-13/h3-11H,12H2,1-2H3. The predicted octanol–water partition coefficient (Wildman–Crippen LogP) is 4.42. The zero-order valence-electron chi connectivity index (χ0n) is 12.0. The van der Waals surface area contributed by atoms with Gasteiger partial charge in [-0.25, -0.2) is 4.79 Å². The maximum absolute atomic E-state index is 11.1. The van der Waals surface area contributed by atoms with E-state index in [1.54, 1.807) is 0 Å². The quantitative estimate of drug-likeness (QED) is 0.464. The van der Waals surface area contributed by atoms with Crippen LogP contribution in [-0.4, -0.2) is 19.5 Å². The highest BCUT2D eigenvalue weighted by molar-refractivity contribution is 8.57. The lowest BCUT2D eigenvalue weighted by Gasteiger charge is -2.15. The van der Waals surface area contributed by atoms with Crippen LogP contribution in [0.15, 0.2) is 54.6 Å². The van der Waals surface area contributed by atoms with Crippen molar-refractivity contribution in [2.75, 3.05) is 13.4 Å². The van der Waals surface area contributed by atoms with E-state index >= 15 is 0 Å². The minimum atomic E-state index is -0.695. The molecule has 0 aliphatic rings. The third kappa shape index (κ3) is 4.76. The average molecular weight is 320 g/mol. The first-order chi connectivity index (χ1) is 10.2. The molecule has 0 aliphatic heterocycles. The number of carbonyl (C=O) groups is 1. The fourth-order valence-corrected chi connectivity index (χ4v) is 5.21. The Kier molecular flexibility index (Phi) is 6.09. The van der Waals surface area contributed by atoms with Crippen LogP contribution in [-0.2, 0) is 10.9 Å². The van der Waals surface area contributed by atoms with Gasteiger partial charge in [0.2, 0.25) is 0 Å². The van der Waals surface area contributed by atoms with E-state index in [0.29, 0.717) is 5.75 Å². The van der Waals surface area contributed by atoms with Gasteiger partial charge in [0.1, 0.15) is 5.75 Å². The second kappa shape index (κ2) is 8.06. The maximum Gasteiger partial charge on any atom is 0.513 e. The number of rotatable bonds is 5. The summed E-state index contributed by atoms with van der Waals surface area (Å²) < 4.78 is 9.46. The third-order valence-corrected chi connectivity index (χ3v) is 7.19. The van der Waals surface area contributed by atoms with Crippen LogP contribution in [0.3, 0.4) is 0 Å². The Morgan fingerprint density at radius 1 is 1.10 bits per heavy atom. The fourth-order valence-electron chi connectivity index (χ4n) is 1.83. The van der Waals surface area contributed by atoms with Crippen molar-refractivity contribution in [3.05, 3.63) is 60.2 Å². The van der Waals surface area contributed by atoms with Crippen LogP contribution in [0.2, 0.25) is 0 Å². The van der Waals surface area contributed by atoms with Crippen molar-refractivity contribution in [2.45, 2.75) is 6.16 Å². The SMILES string of the molecule is COC(=O)Oc1ccc(P(Cc2ccccc2)SC)cc1. The Labute approximate surface area is 130 Å². The number of hydrogen-bond acceptors (Lipinski definition) is 4. The minimum absolute atomic E-state index is 0.321. The Hall–Kier alpha value is -1.51. The van der Waals surface area contributed by atoms with Crippen LogP contribution in [0.25, 0.3) is 0 Å². The van der Waals surface area contributed by atoms with Crippen LogP contribution >= 0.6 is 18.5 Å². The molecule has 0 aliphatic carbocycles.